The minimum absolute atomic E-state index is 0.0205. The zero-order chi connectivity index (χ0) is 11.1. The summed E-state index contributed by atoms with van der Waals surface area (Å²) >= 11 is 0. The Hall–Kier alpha value is -0.160. The largest absolute Gasteiger partial charge is 0.385 e. The van der Waals surface area contributed by atoms with Crippen molar-refractivity contribution in [2.75, 3.05) is 33.4 Å². The van der Waals surface area contributed by atoms with E-state index in [-0.39, 0.29) is 5.54 Å². The summed E-state index contributed by atoms with van der Waals surface area (Å²) in [5.41, 5.74) is 9.34. The number of rotatable bonds is 6. The van der Waals surface area contributed by atoms with Crippen molar-refractivity contribution in [2.45, 2.75) is 38.1 Å². The van der Waals surface area contributed by atoms with Gasteiger partial charge in [-0.15, -0.1) is 0 Å². The lowest BCUT2D eigenvalue weighted by Gasteiger charge is -2.38. The van der Waals surface area contributed by atoms with Crippen LogP contribution in [0.3, 0.4) is 0 Å². The molecule has 1 rings (SSSR count). The van der Waals surface area contributed by atoms with Gasteiger partial charge in [0.25, 0.3) is 0 Å². The first-order valence-electron chi connectivity index (χ1n) is 5.92. The van der Waals surface area contributed by atoms with Gasteiger partial charge in [-0.3, -0.25) is 0 Å². The Labute approximate surface area is 93.1 Å². The third-order valence-electron chi connectivity index (χ3n) is 3.09. The van der Waals surface area contributed by atoms with Crippen LogP contribution in [0, 0.1) is 0 Å². The van der Waals surface area contributed by atoms with Crippen LogP contribution in [-0.4, -0.2) is 43.9 Å². The van der Waals surface area contributed by atoms with E-state index < -0.39 is 0 Å². The minimum Gasteiger partial charge on any atom is -0.385 e. The van der Waals surface area contributed by atoms with Crippen LogP contribution < -0.4 is 11.2 Å². The molecule has 0 spiro atoms. The topological polar surface area (TPSA) is 50.5 Å². The first-order valence-corrected chi connectivity index (χ1v) is 5.92. The van der Waals surface area contributed by atoms with Crippen molar-refractivity contribution >= 4 is 0 Å². The van der Waals surface area contributed by atoms with Gasteiger partial charge in [0.2, 0.25) is 0 Å². The number of nitrogens with two attached hydrogens (primary N) is 1. The maximum Gasteiger partial charge on any atom is 0.0480 e. The van der Waals surface area contributed by atoms with Gasteiger partial charge in [-0.2, -0.15) is 0 Å². The fourth-order valence-corrected chi connectivity index (χ4v) is 1.92. The zero-order valence-corrected chi connectivity index (χ0v) is 10.1. The number of ether oxygens (including phenoxy) is 1. The Bertz CT molecular complexity index is 171. The predicted octanol–water partition coefficient (Wildman–Crippen LogP) is 0.731. The highest BCUT2D eigenvalue weighted by molar-refractivity contribution is 4.83. The van der Waals surface area contributed by atoms with Gasteiger partial charge in [0.1, 0.15) is 0 Å². The number of hydrogen-bond acceptors (Lipinski definition) is 4. The predicted molar refractivity (Wildman–Crippen MR) is 62.5 cm³/mol. The average molecular weight is 215 g/mol. The molecule has 0 aromatic heterocycles. The second kappa shape index (κ2) is 6.43. The lowest BCUT2D eigenvalue weighted by Crippen LogP contribution is -2.58. The molecule has 1 saturated heterocycles. The number of hydrogen-bond donors (Lipinski definition) is 2. The summed E-state index contributed by atoms with van der Waals surface area (Å²) < 4.78 is 5.11. The Morgan fingerprint density at radius 1 is 1.33 bits per heavy atom. The van der Waals surface area contributed by atoms with Gasteiger partial charge in [-0.1, -0.05) is 6.42 Å². The molecular weight excluding hydrogens is 190 g/mol. The van der Waals surface area contributed by atoms with E-state index in [0.29, 0.717) is 6.54 Å². The molecule has 0 amide bonds. The standard InChI is InChI=1S/C11H25N3O/c1-11(10-12,6-9-15-2)13-14-7-4-3-5-8-14/h13H,3-10,12H2,1-2H3. The molecule has 1 aliphatic heterocycles. The number of piperidine rings is 1. The Morgan fingerprint density at radius 3 is 2.53 bits per heavy atom. The summed E-state index contributed by atoms with van der Waals surface area (Å²) in [4.78, 5) is 0. The van der Waals surface area contributed by atoms with Gasteiger partial charge in [-0.25, -0.2) is 10.4 Å². The molecule has 1 aliphatic rings. The van der Waals surface area contributed by atoms with Gasteiger partial charge in [0.15, 0.2) is 0 Å². The molecule has 0 saturated carbocycles. The highest BCUT2D eigenvalue weighted by Gasteiger charge is 2.25. The van der Waals surface area contributed by atoms with Crippen molar-refractivity contribution in [3.63, 3.8) is 0 Å². The fourth-order valence-electron chi connectivity index (χ4n) is 1.92. The third-order valence-corrected chi connectivity index (χ3v) is 3.09. The van der Waals surface area contributed by atoms with Crippen molar-refractivity contribution in [3.05, 3.63) is 0 Å². The van der Waals surface area contributed by atoms with Crippen LogP contribution in [0.25, 0.3) is 0 Å². The van der Waals surface area contributed by atoms with E-state index in [1.54, 1.807) is 7.11 Å². The van der Waals surface area contributed by atoms with E-state index in [0.717, 1.165) is 26.1 Å². The van der Waals surface area contributed by atoms with Crippen molar-refractivity contribution in [2.24, 2.45) is 5.73 Å². The molecule has 90 valence electrons. The van der Waals surface area contributed by atoms with Crippen molar-refractivity contribution < 1.29 is 4.74 Å². The SMILES string of the molecule is COCCC(C)(CN)NN1CCCCC1. The highest BCUT2D eigenvalue weighted by Crippen LogP contribution is 2.13. The number of nitrogens with one attached hydrogen (secondary N) is 1. The molecule has 0 aromatic carbocycles. The summed E-state index contributed by atoms with van der Waals surface area (Å²) in [7, 11) is 1.73. The molecule has 3 N–H and O–H groups in total. The van der Waals surface area contributed by atoms with E-state index in [4.69, 9.17) is 10.5 Å². The van der Waals surface area contributed by atoms with Crippen molar-refractivity contribution in [1.29, 1.82) is 0 Å². The van der Waals surface area contributed by atoms with Gasteiger partial charge < -0.3 is 10.5 Å². The van der Waals surface area contributed by atoms with Crippen LogP contribution in [0.5, 0.6) is 0 Å². The zero-order valence-electron chi connectivity index (χ0n) is 10.1. The van der Waals surface area contributed by atoms with Crippen LogP contribution in [0.4, 0.5) is 0 Å². The van der Waals surface area contributed by atoms with E-state index in [2.05, 4.69) is 17.4 Å². The maximum atomic E-state index is 5.82. The van der Waals surface area contributed by atoms with Crippen molar-refractivity contribution in [1.82, 2.24) is 10.4 Å². The molecule has 4 heteroatoms. The normalized spacial score (nSPS) is 22.6. The molecule has 0 aromatic rings. The Morgan fingerprint density at radius 2 is 2.00 bits per heavy atom. The fraction of sp³-hybridized carbons (Fsp3) is 1.00. The minimum atomic E-state index is -0.0205. The molecule has 1 unspecified atom stereocenters. The quantitative estimate of drug-likeness (QED) is 0.686. The van der Waals surface area contributed by atoms with E-state index in [1.165, 1.54) is 19.3 Å². The summed E-state index contributed by atoms with van der Waals surface area (Å²) in [5, 5.41) is 2.31. The Balaban J connectivity index is 2.35. The number of methoxy groups -OCH3 is 1. The third kappa shape index (κ3) is 4.47. The molecule has 15 heavy (non-hydrogen) atoms. The van der Waals surface area contributed by atoms with Gasteiger partial charge in [0.05, 0.1) is 0 Å². The molecule has 1 heterocycles. The van der Waals surface area contributed by atoms with E-state index in [1.807, 2.05) is 0 Å². The first kappa shape index (κ1) is 12.9. The summed E-state index contributed by atoms with van der Waals surface area (Å²) in [5.74, 6) is 0. The monoisotopic (exact) mass is 215 g/mol. The van der Waals surface area contributed by atoms with Crippen LogP contribution in [0.1, 0.15) is 32.6 Å². The smallest absolute Gasteiger partial charge is 0.0480 e. The molecule has 4 nitrogen and oxygen atoms in total. The average Bonchev–Trinajstić information content (AvgIpc) is 2.28. The van der Waals surface area contributed by atoms with Crippen molar-refractivity contribution in [3.8, 4) is 0 Å². The maximum absolute atomic E-state index is 5.82. The summed E-state index contributed by atoms with van der Waals surface area (Å²) in [6.07, 6.45) is 4.89. The van der Waals surface area contributed by atoms with Crippen LogP contribution >= 0.6 is 0 Å². The second-order valence-corrected chi connectivity index (χ2v) is 4.67. The van der Waals surface area contributed by atoms with Crippen LogP contribution in [0.2, 0.25) is 0 Å². The first-order chi connectivity index (χ1) is 7.20. The van der Waals surface area contributed by atoms with Gasteiger partial charge in [-0.05, 0) is 26.2 Å². The van der Waals surface area contributed by atoms with Crippen LogP contribution in [0.15, 0.2) is 0 Å². The van der Waals surface area contributed by atoms with Crippen LogP contribution in [-0.2, 0) is 4.74 Å². The lowest BCUT2D eigenvalue weighted by atomic mass is 9.99. The summed E-state index contributed by atoms with van der Waals surface area (Å²) in [6, 6.07) is 0. The van der Waals surface area contributed by atoms with Gasteiger partial charge >= 0.3 is 0 Å². The summed E-state index contributed by atoms with van der Waals surface area (Å²) in [6.45, 7) is 5.85. The lowest BCUT2D eigenvalue weighted by molar-refractivity contribution is 0.0687. The number of hydrazine groups is 1. The molecule has 0 bridgehead atoms. The molecule has 1 fully saturated rings. The van der Waals surface area contributed by atoms with E-state index >= 15 is 0 Å². The molecule has 0 aliphatic carbocycles. The molecule has 0 radical (unpaired) electrons. The Kier molecular flexibility index (Phi) is 5.53. The highest BCUT2D eigenvalue weighted by atomic mass is 16.5. The van der Waals surface area contributed by atoms with Gasteiger partial charge in [0, 0.05) is 38.9 Å². The molecule has 1 atom stereocenters. The second-order valence-electron chi connectivity index (χ2n) is 4.67. The van der Waals surface area contributed by atoms with E-state index in [9.17, 15) is 0 Å². The molecular formula is C11H25N3O. The number of nitrogens with zero attached hydrogens (tertiary/aromatic N) is 1.